The van der Waals surface area contributed by atoms with Gasteiger partial charge in [0.25, 0.3) is 5.91 Å². The van der Waals surface area contributed by atoms with Crippen LogP contribution in [0.25, 0.3) is 22.0 Å². The number of pyridine rings is 1. The van der Waals surface area contributed by atoms with Gasteiger partial charge in [-0.1, -0.05) is 36.4 Å². The Balaban J connectivity index is 1.31. The van der Waals surface area contributed by atoms with Gasteiger partial charge in [0.05, 0.1) is 22.3 Å². The van der Waals surface area contributed by atoms with Crippen molar-refractivity contribution in [2.45, 2.75) is 51.1 Å². The molecule has 5 N–H and O–H groups in total. The molecule has 2 amide bonds. The number of aryl methyl sites for hydroxylation is 1. The summed E-state index contributed by atoms with van der Waals surface area (Å²) in [5.41, 5.74) is 7.65. The van der Waals surface area contributed by atoms with Gasteiger partial charge < -0.3 is 11.1 Å². The first-order chi connectivity index (χ1) is 20.9. The molecule has 0 unspecified atom stereocenters. The molecule has 44 heavy (non-hydrogen) atoms. The number of benzene rings is 3. The molecule has 0 bridgehead atoms. The number of guanidine groups is 1. The van der Waals surface area contributed by atoms with E-state index >= 15 is 0 Å². The van der Waals surface area contributed by atoms with Gasteiger partial charge in [-0.15, -0.1) is 0 Å². The second-order valence-corrected chi connectivity index (χ2v) is 11.2. The third kappa shape index (κ3) is 7.04. The number of aromatic nitrogens is 1. The van der Waals surface area contributed by atoms with Gasteiger partial charge in [0.15, 0.2) is 5.96 Å². The molecule has 1 aliphatic rings. The molecular weight excluding hydrogens is 574 g/mol. The molecule has 0 radical (unpaired) electrons. The van der Waals surface area contributed by atoms with E-state index in [0.29, 0.717) is 35.0 Å². The lowest BCUT2D eigenvalue weighted by molar-refractivity contribution is -0.137. The van der Waals surface area contributed by atoms with Gasteiger partial charge in [-0.05, 0) is 91.5 Å². The van der Waals surface area contributed by atoms with Crippen molar-refractivity contribution in [1.82, 2.24) is 10.3 Å². The van der Waals surface area contributed by atoms with Gasteiger partial charge in [0.2, 0.25) is 5.91 Å². The molecule has 5 rings (SSSR count). The predicted molar refractivity (Wildman–Crippen MR) is 161 cm³/mol. The van der Waals surface area contributed by atoms with Crippen LogP contribution in [0.15, 0.2) is 66.7 Å². The van der Waals surface area contributed by atoms with Crippen LogP contribution in [0.3, 0.4) is 0 Å². The number of hydrogen-bond donors (Lipinski definition) is 4. The third-order valence-electron chi connectivity index (χ3n) is 8.03. The van der Waals surface area contributed by atoms with Crippen molar-refractivity contribution in [3.8, 4) is 11.1 Å². The lowest BCUT2D eigenvalue weighted by atomic mass is 9.77. The van der Waals surface area contributed by atoms with E-state index in [1.807, 2.05) is 24.3 Å². The quantitative estimate of drug-likeness (QED) is 0.105. The Morgan fingerprint density at radius 1 is 0.955 bits per heavy atom. The molecule has 0 saturated heterocycles. The third-order valence-corrected chi connectivity index (χ3v) is 8.03. The molecule has 1 heterocycles. The Bertz CT molecular complexity index is 1730. The summed E-state index contributed by atoms with van der Waals surface area (Å²) in [5, 5.41) is 12.3. The fraction of sp³-hybridized carbons (Fsp3) is 0.273. The minimum absolute atomic E-state index is 0.154. The Labute approximate surface area is 251 Å². The number of alkyl halides is 3. The van der Waals surface area contributed by atoms with Gasteiger partial charge in [0, 0.05) is 17.5 Å². The summed E-state index contributed by atoms with van der Waals surface area (Å²) >= 11 is 0. The van der Waals surface area contributed by atoms with Crippen LogP contribution >= 0.6 is 0 Å². The highest BCUT2D eigenvalue weighted by molar-refractivity contribution is 6.13. The average molecular weight is 606 g/mol. The minimum atomic E-state index is -4.85. The topological polar surface area (TPSA) is 121 Å². The molecule has 1 saturated carbocycles. The van der Waals surface area contributed by atoms with Gasteiger partial charge in [-0.3, -0.25) is 25.3 Å². The number of carbonyl (C=O) groups is 2. The van der Waals surface area contributed by atoms with Crippen LogP contribution in [0, 0.1) is 24.1 Å². The molecular formula is C33H31F4N5O2. The van der Waals surface area contributed by atoms with Crippen LogP contribution in [0.2, 0.25) is 0 Å². The van der Waals surface area contributed by atoms with E-state index in [2.05, 4.69) is 27.8 Å². The number of halogens is 4. The van der Waals surface area contributed by atoms with Crippen molar-refractivity contribution < 1.29 is 27.2 Å². The zero-order chi connectivity index (χ0) is 31.6. The molecule has 228 valence electrons. The molecule has 4 aromatic rings. The molecule has 1 aliphatic carbocycles. The number of fused-ring (bicyclic) bond motifs is 1. The number of amides is 2. The minimum Gasteiger partial charge on any atom is -0.370 e. The second kappa shape index (κ2) is 12.4. The zero-order valence-electron chi connectivity index (χ0n) is 23.9. The molecule has 0 aliphatic heterocycles. The summed E-state index contributed by atoms with van der Waals surface area (Å²) in [6.45, 7) is 1.70. The highest BCUT2D eigenvalue weighted by atomic mass is 19.4. The molecule has 7 nitrogen and oxygen atoms in total. The van der Waals surface area contributed by atoms with Crippen LogP contribution in [0.1, 0.15) is 65.2 Å². The van der Waals surface area contributed by atoms with Crippen molar-refractivity contribution in [2.75, 3.05) is 5.32 Å². The van der Waals surface area contributed by atoms with Crippen LogP contribution < -0.4 is 16.4 Å². The number of nitrogens with two attached hydrogens (primary N) is 1. The Morgan fingerprint density at radius 2 is 1.64 bits per heavy atom. The SMILES string of the molecule is Cc1cc(C(=O)Nc2ccc(F)cc2C(F)(F)F)c2ccc(-c3ccc(C4CCC(CC(=O)NC(=N)N)CC4)cc3)cc2n1. The highest BCUT2D eigenvalue weighted by Gasteiger charge is 2.34. The van der Waals surface area contributed by atoms with E-state index in [4.69, 9.17) is 11.1 Å². The number of nitrogens with one attached hydrogen (secondary N) is 3. The summed E-state index contributed by atoms with van der Waals surface area (Å²) in [7, 11) is 0. The van der Waals surface area contributed by atoms with Crippen LogP contribution in [0.4, 0.5) is 23.2 Å². The first kappa shape index (κ1) is 30.7. The lowest BCUT2D eigenvalue weighted by Gasteiger charge is -2.28. The molecule has 3 aromatic carbocycles. The van der Waals surface area contributed by atoms with E-state index in [1.54, 1.807) is 13.0 Å². The summed E-state index contributed by atoms with van der Waals surface area (Å²) < 4.78 is 54.0. The Kier molecular flexibility index (Phi) is 8.66. The second-order valence-electron chi connectivity index (χ2n) is 11.2. The first-order valence-electron chi connectivity index (χ1n) is 14.2. The van der Waals surface area contributed by atoms with E-state index in [0.717, 1.165) is 48.9 Å². The van der Waals surface area contributed by atoms with E-state index < -0.39 is 29.2 Å². The van der Waals surface area contributed by atoms with Gasteiger partial charge in [0.1, 0.15) is 5.82 Å². The largest absolute Gasteiger partial charge is 0.418 e. The van der Waals surface area contributed by atoms with Crippen molar-refractivity contribution >= 4 is 34.4 Å². The maximum atomic E-state index is 13.5. The van der Waals surface area contributed by atoms with Crippen LogP contribution in [-0.4, -0.2) is 22.8 Å². The Morgan fingerprint density at radius 3 is 2.30 bits per heavy atom. The summed E-state index contributed by atoms with van der Waals surface area (Å²) in [4.78, 5) is 29.6. The standard InChI is InChI=1S/C33H31F4N5O2/c1-18-14-26(31(44)41-28-13-11-24(34)17-27(28)33(35,36)37)25-12-10-23(16-29(25)40-18)22-8-6-21(7-9-22)20-4-2-19(3-5-20)15-30(43)42-32(38)39/h6-14,16-17,19-20H,2-5,15H2,1H3,(H,41,44)(H4,38,39,42,43). The van der Waals surface area contributed by atoms with Crippen LogP contribution in [-0.2, 0) is 11.0 Å². The van der Waals surface area contributed by atoms with Crippen molar-refractivity contribution in [2.24, 2.45) is 11.7 Å². The lowest BCUT2D eigenvalue weighted by Crippen LogP contribution is -2.36. The molecule has 11 heteroatoms. The van der Waals surface area contributed by atoms with Gasteiger partial charge in [-0.2, -0.15) is 13.2 Å². The number of anilines is 1. The monoisotopic (exact) mass is 605 g/mol. The summed E-state index contributed by atoms with van der Waals surface area (Å²) in [6.07, 6.45) is -0.720. The first-order valence-corrected chi connectivity index (χ1v) is 14.2. The number of nitrogens with zero attached hydrogens (tertiary/aromatic N) is 1. The maximum absolute atomic E-state index is 13.5. The predicted octanol–water partition coefficient (Wildman–Crippen LogP) is 7.29. The highest BCUT2D eigenvalue weighted by Crippen LogP contribution is 2.38. The fourth-order valence-electron chi connectivity index (χ4n) is 5.89. The van der Waals surface area contributed by atoms with Gasteiger partial charge in [-0.25, -0.2) is 4.39 Å². The fourth-order valence-corrected chi connectivity index (χ4v) is 5.89. The number of carbonyl (C=O) groups excluding carboxylic acids is 2. The average Bonchev–Trinajstić information content (AvgIpc) is 2.97. The van der Waals surface area contributed by atoms with Crippen LogP contribution in [0.5, 0.6) is 0 Å². The van der Waals surface area contributed by atoms with E-state index in [1.165, 1.54) is 11.6 Å². The van der Waals surface area contributed by atoms with E-state index in [-0.39, 0.29) is 23.3 Å². The van der Waals surface area contributed by atoms with Crippen molar-refractivity contribution in [3.63, 3.8) is 0 Å². The van der Waals surface area contributed by atoms with Crippen molar-refractivity contribution in [3.05, 3.63) is 94.9 Å². The molecule has 0 atom stereocenters. The van der Waals surface area contributed by atoms with Crippen molar-refractivity contribution in [1.29, 1.82) is 5.41 Å². The smallest absolute Gasteiger partial charge is 0.370 e. The van der Waals surface area contributed by atoms with Gasteiger partial charge >= 0.3 is 6.18 Å². The summed E-state index contributed by atoms with van der Waals surface area (Å²) in [5.74, 6) is -1.71. The zero-order valence-corrected chi connectivity index (χ0v) is 23.9. The number of rotatable bonds is 6. The molecule has 1 aromatic heterocycles. The summed E-state index contributed by atoms with van der Waals surface area (Å²) in [6, 6.07) is 17.3. The maximum Gasteiger partial charge on any atom is 0.418 e. The Hall–Kier alpha value is -4.80. The molecule has 1 fully saturated rings. The number of hydrogen-bond acceptors (Lipinski definition) is 4. The van der Waals surface area contributed by atoms with E-state index in [9.17, 15) is 27.2 Å². The normalized spacial score (nSPS) is 16.8. The molecule has 0 spiro atoms.